The lowest BCUT2D eigenvalue weighted by atomic mass is 10.0. The van der Waals surface area contributed by atoms with E-state index in [2.05, 4.69) is 11.8 Å². The molecular formula is C24H47NO4. The summed E-state index contributed by atoms with van der Waals surface area (Å²) in [6, 6.07) is 0. The van der Waals surface area contributed by atoms with Gasteiger partial charge in [0.15, 0.2) is 0 Å². The molecule has 0 bridgehead atoms. The third kappa shape index (κ3) is 21.6. The molecule has 0 heterocycles. The van der Waals surface area contributed by atoms with Crippen LogP contribution in [-0.4, -0.2) is 57.1 Å². The molecule has 0 aromatic rings. The van der Waals surface area contributed by atoms with Gasteiger partial charge in [0.2, 0.25) is 0 Å². The number of hydrogen-bond acceptors (Lipinski definition) is 5. The molecule has 0 rings (SSSR count). The fourth-order valence-corrected chi connectivity index (χ4v) is 3.40. The van der Waals surface area contributed by atoms with Gasteiger partial charge in [0.05, 0.1) is 0 Å². The monoisotopic (exact) mass is 413 g/mol. The highest BCUT2D eigenvalue weighted by Crippen LogP contribution is 2.17. The Kier molecular flexibility index (Phi) is 21.1. The van der Waals surface area contributed by atoms with E-state index in [0.29, 0.717) is 13.0 Å². The number of hydrogen-bond donors (Lipinski definition) is 0. The molecule has 0 N–H and O–H groups in total. The number of carbonyl (C=O) groups excluding carboxylic acids is 2. The molecule has 0 aliphatic rings. The van der Waals surface area contributed by atoms with E-state index in [4.69, 9.17) is 9.47 Å². The van der Waals surface area contributed by atoms with Gasteiger partial charge in [-0.25, -0.2) is 4.79 Å². The molecule has 0 amide bonds. The van der Waals surface area contributed by atoms with E-state index in [9.17, 15) is 9.59 Å². The van der Waals surface area contributed by atoms with Crippen molar-refractivity contribution in [2.45, 2.75) is 109 Å². The number of ether oxygens (including phenoxy) is 2. The average molecular weight is 414 g/mol. The highest BCUT2D eigenvalue weighted by atomic mass is 16.6. The first-order chi connectivity index (χ1) is 14.1. The number of aldehydes is 1. The van der Waals surface area contributed by atoms with Crippen LogP contribution in [0.25, 0.3) is 0 Å². The lowest BCUT2D eigenvalue weighted by Gasteiger charge is -2.18. The minimum Gasteiger partial charge on any atom is -0.461 e. The van der Waals surface area contributed by atoms with Crippen molar-refractivity contribution in [3.05, 3.63) is 0 Å². The van der Waals surface area contributed by atoms with Crippen molar-refractivity contribution >= 4 is 12.3 Å². The predicted molar refractivity (Wildman–Crippen MR) is 120 cm³/mol. The largest absolute Gasteiger partial charge is 0.461 e. The van der Waals surface area contributed by atoms with Crippen molar-refractivity contribution < 1.29 is 19.1 Å². The molecule has 0 aromatic heterocycles. The Bertz CT molecular complexity index is 374. The molecular weight excluding hydrogens is 366 g/mol. The van der Waals surface area contributed by atoms with Crippen LogP contribution in [0.2, 0.25) is 0 Å². The molecule has 1 atom stereocenters. The topological polar surface area (TPSA) is 55.8 Å². The van der Waals surface area contributed by atoms with Gasteiger partial charge >= 0.3 is 5.97 Å². The highest BCUT2D eigenvalue weighted by Gasteiger charge is 2.14. The summed E-state index contributed by atoms with van der Waals surface area (Å²) in [5, 5.41) is 0. The maximum absolute atomic E-state index is 12.1. The number of unbranched alkanes of at least 4 members (excludes halogenated alkanes) is 10. The number of nitrogens with zero attached hydrogens (tertiary/aromatic N) is 1. The minimum absolute atomic E-state index is 0.0320. The van der Waals surface area contributed by atoms with Gasteiger partial charge in [-0.05, 0) is 59.2 Å². The molecule has 29 heavy (non-hydrogen) atoms. The van der Waals surface area contributed by atoms with Gasteiger partial charge in [-0.2, -0.15) is 0 Å². The summed E-state index contributed by atoms with van der Waals surface area (Å²) in [5.74, 6) is -0.220. The van der Waals surface area contributed by atoms with Crippen LogP contribution >= 0.6 is 0 Å². The van der Waals surface area contributed by atoms with Gasteiger partial charge in [0.1, 0.15) is 19.0 Å². The summed E-state index contributed by atoms with van der Waals surface area (Å²) in [6.07, 6.45) is 17.5. The van der Waals surface area contributed by atoms with E-state index in [1.165, 1.54) is 44.9 Å². The Morgan fingerprint density at radius 3 is 2.03 bits per heavy atom. The standard InChI is InChI=1S/C24H47NO4/c1-4-5-6-10-13-17-23(18-14-11-8-7-9-12-15-20-26)29-24(27)22-28-21-16-19-25(2)3/h20,23H,4-19,21-22H2,1-3H3. The molecule has 0 aromatic carbocycles. The van der Waals surface area contributed by atoms with E-state index in [-0.39, 0.29) is 18.7 Å². The van der Waals surface area contributed by atoms with Gasteiger partial charge in [0.25, 0.3) is 0 Å². The van der Waals surface area contributed by atoms with Gasteiger partial charge in [-0.15, -0.1) is 0 Å². The van der Waals surface area contributed by atoms with E-state index >= 15 is 0 Å². The van der Waals surface area contributed by atoms with Gasteiger partial charge in [-0.1, -0.05) is 58.3 Å². The number of carbonyl (C=O) groups is 2. The number of rotatable bonds is 22. The second-order valence-electron chi connectivity index (χ2n) is 8.39. The molecule has 0 fully saturated rings. The van der Waals surface area contributed by atoms with Gasteiger partial charge < -0.3 is 19.2 Å². The van der Waals surface area contributed by atoms with Crippen LogP contribution in [0.5, 0.6) is 0 Å². The summed E-state index contributed by atoms with van der Waals surface area (Å²) >= 11 is 0. The van der Waals surface area contributed by atoms with Crippen LogP contribution in [0.4, 0.5) is 0 Å². The molecule has 5 nitrogen and oxygen atoms in total. The van der Waals surface area contributed by atoms with E-state index < -0.39 is 0 Å². The first kappa shape index (κ1) is 28.1. The summed E-state index contributed by atoms with van der Waals surface area (Å²) in [6.45, 7) is 3.85. The van der Waals surface area contributed by atoms with Crippen molar-refractivity contribution in [1.82, 2.24) is 4.90 Å². The van der Waals surface area contributed by atoms with Crippen molar-refractivity contribution in [3.63, 3.8) is 0 Å². The van der Waals surface area contributed by atoms with Crippen molar-refractivity contribution in [2.24, 2.45) is 0 Å². The minimum atomic E-state index is -0.220. The first-order valence-corrected chi connectivity index (χ1v) is 12.0. The quantitative estimate of drug-likeness (QED) is 0.132. The maximum Gasteiger partial charge on any atom is 0.332 e. The summed E-state index contributed by atoms with van der Waals surface area (Å²) in [7, 11) is 4.06. The molecule has 0 aliphatic carbocycles. The molecule has 1 unspecified atom stereocenters. The highest BCUT2D eigenvalue weighted by molar-refractivity contribution is 5.70. The Hall–Kier alpha value is -0.940. The van der Waals surface area contributed by atoms with E-state index in [1.54, 1.807) is 0 Å². The fraction of sp³-hybridized carbons (Fsp3) is 0.917. The second kappa shape index (κ2) is 21.8. The molecule has 5 heteroatoms. The lowest BCUT2D eigenvalue weighted by molar-refractivity contribution is -0.155. The van der Waals surface area contributed by atoms with Gasteiger partial charge in [-0.3, -0.25) is 0 Å². The summed E-state index contributed by atoms with van der Waals surface area (Å²) < 4.78 is 11.2. The van der Waals surface area contributed by atoms with Crippen LogP contribution in [0.15, 0.2) is 0 Å². The predicted octanol–water partition coefficient (Wildman–Crippen LogP) is 5.55. The van der Waals surface area contributed by atoms with Crippen molar-refractivity contribution in [3.8, 4) is 0 Å². The smallest absolute Gasteiger partial charge is 0.332 e. The van der Waals surface area contributed by atoms with E-state index in [0.717, 1.165) is 57.8 Å². The van der Waals surface area contributed by atoms with Crippen LogP contribution in [0, 0.1) is 0 Å². The molecule has 0 aliphatic heterocycles. The van der Waals surface area contributed by atoms with Crippen molar-refractivity contribution in [2.75, 3.05) is 33.9 Å². The normalized spacial score (nSPS) is 12.3. The zero-order valence-electron chi connectivity index (χ0n) is 19.5. The molecule has 172 valence electrons. The molecule has 0 saturated heterocycles. The third-order valence-electron chi connectivity index (χ3n) is 5.14. The maximum atomic E-state index is 12.1. The van der Waals surface area contributed by atoms with Gasteiger partial charge in [0, 0.05) is 13.0 Å². The average Bonchev–Trinajstić information content (AvgIpc) is 2.69. The number of esters is 1. The van der Waals surface area contributed by atoms with Crippen LogP contribution in [0.1, 0.15) is 103 Å². The molecule has 0 spiro atoms. The SMILES string of the molecule is CCCCCCCC(CCCCCCCCC=O)OC(=O)COCCCN(C)C. The van der Waals surface area contributed by atoms with Crippen molar-refractivity contribution in [1.29, 1.82) is 0 Å². The first-order valence-electron chi connectivity index (χ1n) is 12.0. The lowest BCUT2D eigenvalue weighted by Crippen LogP contribution is -2.23. The zero-order valence-corrected chi connectivity index (χ0v) is 19.5. The Morgan fingerprint density at radius 2 is 1.45 bits per heavy atom. The summed E-state index contributed by atoms with van der Waals surface area (Å²) in [4.78, 5) is 24.6. The van der Waals surface area contributed by atoms with E-state index in [1.807, 2.05) is 14.1 Å². The molecule has 0 radical (unpaired) electrons. The fourth-order valence-electron chi connectivity index (χ4n) is 3.40. The summed E-state index contributed by atoms with van der Waals surface area (Å²) in [5.41, 5.74) is 0. The Balaban J connectivity index is 4.01. The van der Waals surface area contributed by atoms with Crippen LogP contribution in [0.3, 0.4) is 0 Å². The Morgan fingerprint density at radius 1 is 0.862 bits per heavy atom. The van der Waals surface area contributed by atoms with Crippen LogP contribution < -0.4 is 0 Å². The van der Waals surface area contributed by atoms with Crippen LogP contribution in [-0.2, 0) is 19.1 Å². The third-order valence-corrected chi connectivity index (χ3v) is 5.14. The Labute approximate surface area is 179 Å². The zero-order chi connectivity index (χ0) is 21.6. The second-order valence-corrected chi connectivity index (χ2v) is 8.39. The molecule has 0 saturated carbocycles.